The van der Waals surface area contributed by atoms with E-state index in [1.807, 2.05) is 0 Å². The second-order valence-corrected chi connectivity index (χ2v) is 5.58. The van der Waals surface area contributed by atoms with E-state index >= 15 is 0 Å². The van der Waals surface area contributed by atoms with Crippen LogP contribution >= 0.6 is 0 Å². The molecule has 0 aromatic carbocycles. The SMILES string of the molecule is CC(=O)OCC1=C(C(=O)O)N2C(=O)C[C@H]2S(=O)C1. The van der Waals surface area contributed by atoms with Gasteiger partial charge in [-0.15, -0.1) is 0 Å². The Hall–Kier alpha value is -1.70. The first-order valence-electron chi connectivity index (χ1n) is 5.19. The Balaban J connectivity index is 2.33. The molecule has 0 bridgehead atoms. The maximum atomic E-state index is 11.8. The zero-order valence-corrected chi connectivity index (χ0v) is 10.4. The van der Waals surface area contributed by atoms with Crippen molar-refractivity contribution in [2.75, 3.05) is 12.4 Å². The molecule has 0 aliphatic carbocycles. The molecule has 0 radical (unpaired) electrons. The predicted octanol–water partition coefficient (Wildman–Crippen LogP) is -0.791. The van der Waals surface area contributed by atoms with E-state index in [0.717, 1.165) is 4.90 Å². The number of carboxylic acid groups (broad SMARTS) is 1. The molecule has 0 spiro atoms. The number of amides is 1. The Morgan fingerprint density at radius 3 is 2.72 bits per heavy atom. The highest BCUT2D eigenvalue weighted by Gasteiger charge is 2.48. The van der Waals surface area contributed by atoms with Crippen LogP contribution in [0, 0.1) is 0 Å². The quantitative estimate of drug-likeness (QED) is 0.534. The monoisotopic (exact) mass is 273 g/mol. The maximum Gasteiger partial charge on any atom is 0.352 e. The summed E-state index contributed by atoms with van der Waals surface area (Å²) in [5.74, 6) is -2.18. The van der Waals surface area contributed by atoms with Crippen LogP contribution < -0.4 is 0 Å². The summed E-state index contributed by atoms with van der Waals surface area (Å²) in [6, 6.07) is 0. The molecule has 2 aliphatic rings. The van der Waals surface area contributed by atoms with Gasteiger partial charge in [0.2, 0.25) is 5.91 Å². The Morgan fingerprint density at radius 1 is 1.56 bits per heavy atom. The molecule has 2 heterocycles. The van der Waals surface area contributed by atoms with Crippen molar-refractivity contribution in [3.8, 4) is 0 Å². The number of carbonyl (C=O) groups is 3. The van der Waals surface area contributed by atoms with Crippen molar-refractivity contribution in [1.82, 2.24) is 4.90 Å². The minimum absolute atomic E-state index is 0.0172. The Kier molecular flexibility index (Phi) is 3.20. The number of ether oxygens (including phenoxy) is 1. The van der Waals surface area contributed by atoms with Gasteiger partial charge in [-0.25, -0.2) is 4.79 Å². The summed E-state index contributed by atoms with van der Waals surface area (Å²) in [4.78, 5) is 34.3. The first-order valence-corrected chi connectivity index (χ1v) is 6.58. The van der Waals surface area contributed by atoms with Crippen molar-refractivity contribution >= 4 is 28.6 Å². The summed E-state index contributed by atoms with van der Waals surface area (Å²) >= 11 is 0. The number of β-lactam (4-membered cyclic amide) rings is 1. The fourth-order valence-electron chi connectivity index (χ4n) is 1.93. The van der Waals surface area contributed by atoms with Crippen molar-refractivity contribution in [1.29, 1.82) is 0 Å². The van der Waals surface area contributed by atoms with Gasteiger partial charge in [-0.1, -0.05) is 0 Å². The number of carbonyl (C=O) groups excluding carboxylic acids is 2. The summed E-state index contributed by atoms with van der Waals surface area (Å²) in [5, 5.41) is 8.56. The number of carboxylic acids is 1. The van der Waals surface area contributed by atoms with Crippen molar-refractivity contribution in [3.63, 3.8) is 0 Å². The number of esters is 1. The highest BCUT2D eigenvalue weighted by Crippen LogP contribution is 2.34. The molecule has 1 saturated heterocycles. The predicted molar refractivity (Wildman–Crippen MR) is 59.6 cm³/mol. The van der Waals surface area contributed by atoms with Crippen LogP contribution in [-0.4, -0.2) is 49.8 Å². The molecule has 98 valence electrons. The number of hydrogen-bond acceptors (Lipinski definition) is 5. The van der Waals surface area contributed by atoms with Crippen LogP contribution in [0.25, 0.3) is 0 Å². The van der Waals surface area contributed by atoms with Gasteiger partial charge in [-0.2, -0.15) is 0 Å². The third-order valence-corrected chi connectivity index (χ3v) is 4.37. The number of aliphatic carboxylic acids is 1. The third kappa shape index (κ3) is 2.03. The van der Waals surface area contributed by atoms with Gasteiger partial charge in [-0.05, 0) is 0 Å². The number of rotatable bonds is 3. The van der Waals surface area contributed by atoms with Crippen LogP contribution in [0.1, 0.15) is 13.3 Å². The lowest BCUT2D eigenvalue weighted by Crippen LogP contribution is -2.58. The van der Waals surface area contributed by atoms with Crippen molar-refractivity contribution in [2.45, 2.75) is 18.7 Å². The second kappa shape index (κ2) is 4.52. The van der Waals surface area contributed by atoms with Crippen LogP contribution in [0.15, 0.2) is 11.3 Å². The topological polar surface area (TPSA) is 101 Å². The summed E-state index contributed by atoms with van der Waals surface area (Å²) in [7, 11) is -1.34. The molecule has 2 atom stereocenters. The van der Waals surface area contributed by atoms with Crippen LogP contribution in [-0.2, 0) is 29.9 Å². The number of hydrogen-bond donors (Lipinski definition) is 1. The smallest absolute Gasteiger partial charge is 0.352 e. The zero-order valence-electron chi connectivity index (χ0n) is 9.54. The first kappa shape index (κ1) is 12.7. The van der Waals surface area contributed by atoms with E-state index in [1.54, 1.807) is 0 Å². The molecular weight excluding hydrogens is 262 g/mol. The standard InChI is InChI=1S/C10H11NO6S/c1-5(12)17-3-6-4-18(16)8-2-7(13)11(8)9(6)10(14)15/h8H,2-4H2,1H3,(H,14,15)/t8-,18?/m1/s1. The summed E-state index contributed by atoms with van der Waals surface area (Å²) in [6.07, 6.45) is 0.101. The molecule has 2 rings (SSSR count). The van der Waals surface area contributed by atoms with Gasteiger partial charge in [0.25, 0.3) is 0 Å². The lowest BCUT2D eigenvalue weighted by atomic mass is 10.1. The van der Waals surface area contributed by atoms with Crippen LogP contribution in [0.3, 0.4) is 0 Å². The molecular formula is C10H11NO6S. The first-order chi connectivity index (χ1) is 8.41. The molecule has 1 unspecified atom stereocenters. The van der Waals surface area contributed by atoms with E-state index in [1.165, 1.54) is 6.92 Å². The molecule has 1 amide bonds. The molecule has 7 nitrogen and oxygen atoms in total. The lowest BCUT2D eigenvalue weighted by molar-refractivity contribution is -0.146. The fraction of sp³-hybridized carbons (Fsp3) is 0.500. The summed E-state index contributed by atoms with van der Waals surface area (Å²) in [5.41, 5.74) is 0.0115. The number of nitrogens with zero attached hydrogens (tertiary/aromatic N) is 1. The van der Waals surface area contributed by atoms with Gasteiger partial charge >= 0.3 is 11.9 Å². The lowest BCUT2D eigenvalue weighted by Gasteiger charge is -2.43. The van der Waals surface area contributed by atoms with Gasteiger partial charge in [0.15, 0.2) is 0 Å². The van der Waals surface area contributed by atoms with E-state index in [4.69, 9.17) is 9.84 Å². The minimum atomic E-state index is -1.34. The molecule has 0 saturated carbocycles. The average molecular weight is 273 g/mol. The van der Waals surface area contributed by atoms with Crippen molar-refractivity contribution < 1.29 is 28.4 Å². The molecule has 1 N–H and O–H groups in total. The molecule has 0 aromatic heterocycles. The molecule has 1 fully saturated rings. The summed E-state index contributed by atoms with van der Waals surface area (Å²) < 4.78 is 16.5. The van der Waals surface area contributed by atoms with E-state index in [0.29, 0.717) is 0 Å². The highest BCUT2D eigenvalue weighted by molar-refractivity contribution is 7.86. The van der Waals surface area contributed by atoms with Gasteiger partial charge in [0.1, 0.15) is 17.7 Å². The third-order valence-electron chi connectivity index (χ3n) is 2.75. The largest absolute Gasteiger partial charge is 0.477 e. The van der Waals surface area contributed by atoms with E-state index in [-0.39, 0.29) is 36.0 Å². The molecule has 0 aromatic rings. The average Bonchev–Trinajstić information content (AvgIpc) is 2.26. The molecule has 8 heteroatoms. The molecule has 2 aliphatic heterocycles. The fourth-order valence-corrected chi connectivity index (χ4v) is 3.47. The van der Waals surface area contributed by atoms with E-state index in [2.05, 4.69) is 0 Å². The van der Waals surface area contributed by atoms with Gasteiger partial charge in [-0.3, -0.25) is 18.7 Å². The Labute approximate surface area is 105 Å². The Bertz CT molecular complexity index is 497. The van der Waals surface area contributed by atoms with Gasteiger partial charge in [0, 0.05) is 23.3 Å². The van der Waals surface area contributed by atoms with Crippen molar-refractivity contribution in [3.05, 3.63) is 11.3 Å². The highest BCUT2D eigenvalue weighted by atomic mass is 32.2. The van der Waals surface area contributed by atoms with E-state index < -0.39 is 28.1 Å². The van der Waals surface area contributed by atoms with Crippen molar-refractivity contribution in [2.24, 2.45) is 0 Å². The summed E-state index contributed by atoms with van der Waals surface area (Å²) in [6.45, 7) is 0.942. The van der Waals surface area contributed by atoms with Gasteiger partial charge < -0.3 is 9.84 Å². The second-order valence-electron chi connectivity index (χ2n) is 3.99. The van der Waals surface area contributed by atoms with E-state index in [9.17, 15) is 18.6 Å². The zero-order chi connectivity index (χ0) is 13.4. The minimum Gasteiger partial charge on any atom is -0.477 e. The van der Waals surface area contributed by atoms with Crippen LogP contribution in [0.2, 0.25) is 0 Å². The molecule has 18 heavy (non-hydrogen) atoms. The maximum absolute atomic E-state index is 11.8. The van der Waals surface area contributed by atoms with Crippen LogP contribution in [0.5, 0.6) is 0 Å². The van der Waals surface area contributed by atoms with Crippen LogP contribution in [0.4, 0.5) is 0 Å². The normalized spacial score (nSPS) is 26.5. The van der Waals surface area contributed by atoms with Gasteiger partial charge in [0.05, 0.1) is 12.2 Å². The Morgan fingerprint density at radius 2 is 2.22 bits per heavy atom. The number of fused-ring (bicyclic) bond motifs is 1.